The molecule has 35 heavy (non-hydrogen) atoms. The summed E-state index contributed by atoms with van der Waals surface area (Å²) in [5.41, 5.74) is 6.10. The second kappa shape index (κ2) is 9.09. The van der Waals surface area contributed by atoms with E-state index in [-0.39, 0.29) is 45.4 Å². The Kier molecular flexibility index (Phi) is 6.17. The van der Waals surface area contributed by atoms with E-state index in [1.807, 2.05) is 18.2 Å². The first kappa shape index (κ1) is 23.7. The largest absolute Gasteiger partial charge is 0.505 e. The van der Waals surface area contributed by atoms with Gasteiger partial charge in [0.05, 0.1) is 17.0 Å². The molecule has 0 atom stereocenters. The van der Waals surface area contributed by atoms with Crippen LogP contribution in [0.4, 0.5) is 11.4 Å². The molecule has 0 saturated heterocycles. The Morgan fingerprint density at radius 1 is 1.09 bits per heavy atom. The maximum absolute atomic E-state index is 12.9. The predicted molar refractivity (Wildman–Crippen MR) is 133 cm³/mol. The number of anilines is 2. The quantitative estimate of drug-likeness (QED) is 0.186. The number of amides is 1. The molecule has 0 aliphatic heterocycles. The fourth-order valence-corrected chi connectivity index (χ4v) is 4.18. The van der Waals surface area contributed by atoms with Crippen molar-refractivity contribution in [1.29, 1.82) is 5.41 Å². The van der Waals surface area contributed by atoms with Gasteiger partial charge in [0.25, 0.3) is 5.91 Å². The van der Waals surface area contributed by atoms with Gasteiger partial charge in [0.15, 0.2) is 11.5 Å². The van der Waals surface area contributed by atoms with Gasteiger partial charge in [0, 0.05) is 5.69 Å². The SMILES string of the molecule is CC(=N)/C(=N/Nc1cccc(-c2ccc(C(=O)O)o2)c1O)C(=O)Nc1ccc2c(c1)CC(C)(C)C2. The van der Waals surface area contributed by atoms with E-state index in [4.69, 9.17) is 14.9 Å². The topological polar surface area (TPSA) is 148 Å². The van der Waals surface area contributed by atoms with E-state index in [9.17, 15) is 14.7 Å². The number of phenolic OH excluding ortho intramolecular Hbond substituents is 1. The number of furan rings is 1. The van der Waals surface area contributed by atoms with Gasteiger partial charge >= 0.3 is 5.97 Å². The summed E-state index contributed by atoms with van der Waals surface area (Å²) in [6, 6.07) is 13.2. The van der Waals surface area contributed by atoms with Gasteiger partial charge in [-0.25, -0.2) is 4.79 Å². The number of hydrogen-bond donors (Lipinski definition) is 5. The van der Waals surface area contributed by atoms with Crippen molar-refractivity contribution < 1.29 is 24.2 Å². The van der Waals surface area contributed by atoms with Crippen molar-refractivity contribution in [2.45, 2.75) is 33.6 Å². The Hall–Kier alpha value is -4.40. The van der Waals surface area contributed by atoms with Crippen molar-refractivity contribution in [3.8, 4) is 17.1 Å². The lowest BCUT2D eigenvalue weighted by Gasteiger charge is -2.14. The van der Waals surface area contributed by atoms with E-state index in [2.05, 4.69) is 29.7 Å². The second-order valence-corrected chi connectivity index (χ2v) is 9.32. The summed E-state index contributed by atoms with van der Waals surface area (Å²) < 4.78 is 5.26. The lowest BCUT2D eigenvalue weighted by molar-refractivity contribution is -0.110. The minimum absolute atomic E-state index is 0.0647. The van der Waals surface area contributed by atoms with Crippen molar-refractivity contribution in [1.82, 2.24) is 0 Å². The highest BCUT2D eigenvalue weighted by Gasteiger charge is 2.28. The van der Waals surface area contributed by atoms with Gasteiger partial charge in [-0.15, -0.1) is 0 Å². The molecule has 0 bridgehead atoms. The fourth-order valence-electron chi connectivity index (χ4n) is 4.18. The highest BCUT2D eigenvalue weighted by molar-refractivity contribution is 6.67. The molecule has 0 fully saturated rings. The van der Waals surface area contributed by atoms with Crippen molar-refractivity contribution in [2.75, 3.05) is 10.7 Å². The monoisotopic (exact) mass is 474 g/mol. The molecule has 0 saturated carbocycles. The van der Waals surface area contributed by atoms with Crippen LogP contribution in [0.1, 0.15) is 42.5 Å². The van der Waals surface area contributed by atoms with Crippen LogP contribution >= 0.6 is 0 Å². The zero-order valence-corrected chi connectivity index (χ0v) is 19.6. The Labute approximate surface area is 202 Å². The zero-order chi connectivity index (χ0) is 25.3. The van der Waals surface area contributed by atoms with Crippen LogP contribution in [0.15, 0.2) is 58.0 Å². The number of aromatic hydroxyl groups is 1. The Morgan fingerprint density at radius 3 is 2.51 bits per heavy atom. The molecule has 9 nitrogen and oxygen atoms in total. The molecule has 1 amide bonds. The molecule has 0 spiro atoms. The minimum Gasteiger partial charge on any atom is -0.505 e. The summed E-state index contributed by atoms with van der Waals surface area (Å²) in [5.74, 6) is -2.13. The Bertz CT molecular complexity index is 1370. The van der Waals surface area contributed by atoms with Crippen LogP contribution < -0.4 is 10.7 Å². The molecule has 4 rings (SSSR count). The first-order valence-corrected chi connectivity index (χ1v) is 11.0. The molecule has 5 N–H and O–H groups in total. The van der Waals surface area contributed by atoms with Crippen molar-refractivity contribution in [3.05, 3.63) is 65.4 Å². The summed E-state index contributed by atoms with van der Waals surface area (Å²) in [7, 11) is 0. The molecule has 0 radical (unpaired) electrons. The number of aromatic carboxylic acids is 1. The fraction of sp³-hybridized carbons (Fsp3) is 0.231. The van der Waals surface area contributed by atoms with E-state index >= 15 is 0 Å². The smallest absolute Gasteiger partial charge is 0.371 e. The number of hydrogen-bond acceptors (Lipinski definition) is 7. The molecule has 9 heteroatoms. The second-order valence-electron chi connectivity index (χ2n) is 9.32. The number of nitrogens with zero attached hydrogens (tertiary/aromatic N) is 1. The van der Waals surface area contributed by atoms with E-state index in [1.54, 1.807) is 12.1 Å². The van der Waals surface area contributed by atoms with Crippen molar-refractivity contribution in [2.24, 2.45) is 10.5 Å². The summed E-state index contributed by atoms with van der Waals surface area (Å²) in [4.78, 5) is 24.0. The molecule has 2 aromatic carbocycles. The normalized spacial score (nSPS) is 14.3. The van der Waals surface area contributed by atoms with Crippen LogP contribution in [0.25, 0.3) is 11.3 Å². The van der Waals surface area contributed by atoms with Gasteiger partial charge in [-0.2, -0.15) is 5.10 Å². The number of phenols is 1. The molecular weight excluding hydrogens is 448 g/mol. The molecule has 1 aromatic heterocycles. The van der Waals surface area contributed by atoms with Gasteiger partial charge in [-0.3, -0.25) is 10.2 Å². The van der Waals surface area contributed by atoms with Crippen LogP contribution in [0.5, 0.6) is 5.75 Å². The lowest BCUT2D eigenvalue weighted by Crippen LogP contribution is -2.29. The van der Waals surface area contributed by atoms with Crippen LogP contribution in [-0.2, 0) is 17.6 Å². The molecule has 1 aliphatic rings. The van der Waals surface area contributed by atoms with Gasteiger partial charge in [0.1, 0.15) is 5.76 Å². The van der Waals surface area contributed by atoms with Gasteiger partial charge in [0.2, 0.25) is 5.76 Å². The van der Waals surface area contributed by atoms with Crippen LogP contribution in [0.2, 0.25) is 0 Å². The summed E-state index contributed by atoms with van der Waals surface area (Å²) >= 11 is 0. The van der Waals surface area contributed by atoms with Crippen LogP contribution in [0, 0.1) is 10.8 Å². The molecule has 1 aliphatic carbocycles. The Balaban J connectivity index is 1.53. The molecule has 0 unspecified atom stereocenters. The number of benzene rings is 2. The number of hydrazone groups is 1. The van der Waals surface area contributed by atoms with E-state index in [0.29, 0.717) is 5.69 Å². The number of carboxylic acid groups (broad SMARTS) is 1. The number of carbonyl (C=O) groups excluding carboxylic acids is 1. The average molecular weight is 475 g/mol. The lowest BCUT2D eigenvalue weighted by atomic mass is 9.90. The maximum atomic E-state index is 12.9. The van der Waals surface area contributed by atoms with Gasteiger partial charge in [-0.1, -0.05) is 26.0 Å². The number of rotatable bonds is 7. The number of carbonyl (C=O) groups is 2. The minimum atomic E-state index is -1.22. The first-order valence-electron chi connectivity index (χ1n) is 11.0. The highest BCUT2D eigenvalue weighted by Crippen LogP contribution is 2.38. The molecule has 180 valence electrons. The number of nitrogens with one attached hydrogen (secondary N) is 3. The van der Waals surface area contributed by atoms with Crippen LogP contribution in [0.3, 0.4) is 0 Å². The van der Waals surface area contributed by atoms with Gasteiger partial charge in [-0.05, 0) is 72.7 Å². The third kappa shape index (κ3) is 5.08. The maximum Gasteiger partial charge on any atom is 0.371 e. The van der Waals surface area contributed by atoms with Gasteiger partial charge < -0.3 is 25.4 Å². The third-order valence-electron chi connectivity index (χ3n) is 5.78. The van der Waals surface area contributed by atoms with E-state index < -0.39 is 11.9 Å². The highest BCUT2D eigenvalue weighted by atomic mass is 16.4. The summed E-state index contributed by atoms with van der Waals surface area (Å²) in [5, 5.41) is 34.6. The van der Waals surface area contributed by atoms with Crippen molar-refractivity contribution >= 4 is 34.7 Å². The zero-order valence-electron chi connectivity index (χ0n) is 19.6. The number of carboxylic acids is 1. The number of fused-ring (bicyclic) bond motifs is 1. The predicted octanol–water partition coefficient (Wildman–Crippen LogP) is 4.92. The number of para-hydroxylation sites is 1. The van der Waals surface area contributed by atoms with E-state index in [1.165, 1.54) is 36.2 Å². The standard InChI is InChI=1S/C26H26N4O5/c1-14(27)22(24(32)28-17-8-7-15-12-26(2,3)13-16(15)11-17)30-29-19-6-4-5-18(23(19)31)20-9-10-21(35-20)25(33)34/h4-11,27,29,31H,12-13H2,1-3H3,(H,28,32)(H,33,34)/b27-14?,30-22-. The molecule has 1 heterocycles. The summed E-state index contributed by atoms with van der Waals surface area (Å²) in [6.07, 6.45) is 1.92. The van der Waals surface area contributed by atoms with E-state index in [0.717, 1.165) is 12.8 Å². The summed E-state index contributed by atoms with van der Waals surface area (Å²) in [6.45, 7) is 5.86. The van der Waals surface area contributed by atoms with Crippen LogP contribution in [-0.4, -0.2) is 33.5 Å². The third-order valence-corrected chi connectivity index (χ3v) is 5.78. The Morgan fingerprint density at radius 2 is 1.83 bits per heavy atom. The molecule has 3 aromatic rings. The molecular formula is C26H26N4O5. The first-order chi connectivity index (χ1) is 16.5. The average Bonchev–Trinajstić information content (AvgIpc) is 3.38. The van der Waals surface area contributed by atoms with Crippen molar-refractivity contribution in [3.63, 3.8) is 0 Å².